The van der Waals surface area contributed by atoms with Crippen LogP contribution in [0.4, 0.5) is 18.9 Å². The first-order chi connectivity index (χ1) is 9.70. The Hall–Kier alpha value is -1.57. The van der Waals surface area contributed by atoms with Crippen molar-refractivity contribution in [1.82, 2.24) is 5.32 Å². The molecule has 0 aromatic heterocycles. The SMILES string of the molecule is CC1NC(=O)CCN(c2cc(C(F)(F)F)ccc2Br)C1=O. The largest absolute Gasteiger partial charge is 0.416 e. The van der Waals surface area contributed by atoms with E-state index in [1.807, 2.05) is 0 Å². The molecule has 1 aromatic rings. The molecule has 1 aromatic carbocycles. The van der Waals surface area contributed by atoms with E-state index in [9.17, 15) is 22.8 Å². The second-order valence-electron chi connectivity index (χ2n) is 4.69. The summed E-state index contributed by atoms with van der Waals surface area (Å²) < 4.78 is 38.8. The van der Waals surface area contributed by atoms with Crippen LogP contribution in [0, 0.1) is 0 Å². The van der Waals surface area contributed by atoms with Crippen LogP contribution in [0.5, 0.6) is 0 Å². The van der Waals surface area contributed by atoms with E-state index in [4.69, 9.17) is 0 Å². The maximum Gasteiger partial charge on any atom is 0.416 e. The molecular weight excluding hydrogens is 353 g/mol. The van der Waals surface area contributed by atoms with Crippen LogP contribution in [0.3, 0.4) is 0 Å². The first-order valence-electron chi connectivity index (χ1n) is 6.17. The van der Waals surface area contributed by atoms with Crippen LogP contribution in [0.1, 0.15) is 18.9 Å². The van der Waals surface area contributed by atoms with Crippen molar-refractivity contribution in [2.45, 2.75) is 25.6 Å². The first kappa shape index (κ1) is 15.8. The minimum absolute atomic E-state index is 0.0366. The molecule has 1 saturated heterocycles. The standard InChI is InChI=1S/C13H12BrF3N2O2/c1-7-12(21)19(5-4-11(20)18-7)10-6-8(13(15,16)17)2-3-9(10)14/h2-3,6-7H,4-5H2,1H3,(H,18,20). The van der Waals surface area contributed by atoms with Gasteiger partial charge in [-0.15, -0.1) is 0 Å². The normalized spacial score (nSPS) is 20.2. The van der Waals surface area contributed by atoms with Gasteiger partial charge in [0.05, 0.1) is 11.3 Å². The van der Waals surface area contributed by atoms with Gasteiger partial charge in [-0.3, -0.25) is 9.59 Å². The van der Waals surface area contributed by atoms with E-state index in [0.29, 0.717) is 4.47 Å². The van der Waals surface area contributed by atoms with E-state index in [1.54, 1.807) is 0 Å². The number of rotatable bonds is 1. The highest BCUT2D eigenvalue weighted by Crippen LogP contribution is 2.36. The van der Waals surface area contributed by atoms with Crippen LogP contribution in [0.15, 0.2) is 22.7 Å². The lowest BCUT2D eigenvalue weighted by Crippen LogP contribution is -2.42. The van der Waals surface area contributed by atoms with Crippen LogP contribution < -0.4 is 10.2 Å². The zero-order valence-corrected chi connectivity index (χ0v) is 12.6. The summed E-state index contributed by atoms with van der Waals surface area (Å²) >= 11 is 3.15. The molecule has 114 valence electrons. The maximum atomic E-state index is 12.8. The summed E-state index contributed by atoms with van der Waals surface area (Å²) in [6.07, 6.45) is -4.46. The molecule has 2 amide bonds. The van der Waals surface area contributed by atoms with Gasteiger partial charge in [-0.25, -0.2) is 0 Å². The average Bonchev–Trinajstić information content (AvgIpc) is 2.50. The lowest BCUT2D eigenvalue weighted by atomic mass is 10.1. The number of anilines is 1. The fraction of sp³-hybridized carbons (Fsp3) is 0.385. The van der Waals surface area contributed by atoms with Gasteiger partial charge < -0.3 is 10.2 Å². The summed E-state index contributed by atoms with van der Waals surface area (Å²) in [6.45, 7) is 1.54. The van der Waals surface area contributed by atoms with Crippen LogP contribution in [0.25, 0.3) is 0 Å². The molecule has 2 rings (SSSR count). The van der Waals surface area contributed by atoms with Gasteiger partial charge >= 0.3 is 6.18 Å². The molecule has 1 unspecified atom stereocenters. The molecule has 21 heavy (non-hydrogen) atoms. The fourth-order valence-corrected chi connectivity index (χ4v) is 2.53. The van der Waals surface area contributed by atoms with Gasteiger partial charge in [0.25, 0.3) is 0 Å². The minimum atomic E-state index is -4.50. The number of amides is 2. The Morgan fingerprint density at radius 1 is 1.33 bits per heavy atom. The molecule has 8 heteroatoms. The van der Waals surface area contributed by atoms with Crippen molar-refractivity contribution in [2.75, 3.05) is 11.4 Å². The van der Waals surface area contributed by atoms with Crippen LogP contribution in [-0.4, -0.2) is 24.4 Å². The van der Waals surface area contributed by atoms with Crippen molar-refractivity contribution in [3.05, 3.63) is 28.2 Å². The molecule has 1 heterocycles. The van der Waals surface area contributed by atoms with Crippen LogP contribution in [-0.2, 0) is 15.8 Å². The number of carbonyl (C=O) groups excluding carboxylic acids is 2. The first-order valence-corrected chi connectivity index (χ1v) is 6.97. The number of hydrogen-bond acceptors (Lipinski definition) is 2. The second kappa shape index (κ2) is 5.67. The highest BCUT2D eigenvalue weighted by atomic mass is 79.9. The van der Waals surface area contributed by atoms with Crippen molar-refractivity contribution in [2.24, 2.45) is 0 Å². The molecule has 1 atom stereocenters. The predicted octanol–water partition coefficient (Wildman–Crippen LogP) is 2.71. The number of benzene rings is 1. The molecule has 0 bridgehead atoms. The lowest BCUT2D eigenvalue weighted by molar-refractivity contribution is -0.137. The van der Waals surface area contributed by atoms with Crippen molar-refractivity contribution < 1.29 is 22.8 Å². The Kier molecular flexibility index (Phi) is 4.27. The minimum Gasteiger partial charge on any atom is -0.345 e. The van der Waals surface area contributed by atoms with Crippen molar-refractivity contribution in [3.63, 3.8) is 0 Å². The third kappa shape index (κ3) is 3.37. The zero-order valence-electron chi connectivity index (χ0n) is 11.0. The topological polar surface area (TPSA) is 49.4 Å². The summed E-state index contributed by atoms with van der Waals surface area (Å²) in [6, 6.07) is 2.31. The molecule has 1 aliphatic rings. The van der Waals surface area contributed by atoms with Gasteiger partial charge in [-0.1, -0.05) is 0 Å². The van der Waals surface area contributed by atoms with Gasteiger partial charge in [0.2, 0.25) is 11.8 Å². The number of hydrogen-bond donors (Lipinski definition) is 1. The quantitative estimate of drug-likeness (QED) is 0.832. The van der Waals surface area contributed by atoms with Gasteiger partial charge in [-0.2, -0.15) is 13.2 Å². The number of carbonyl (C=O) groups is 2. The molecule has 0 saturated carbocycles. The summed E-state index contributed by atoms with van der Waals surface area (Å²) in [7, 11) is 0. The van der Waals surface area contributed by atoms with Crippen molar-refractivity contribution in [3.8, 4) is 0 Å². The Labute approximate surface area is 127 Å². The number of nitrogens with one attached hydrogen (secondary N) is 1. The van der Waals surface area contributed by atoms with Gasteiger partial charge in [-0.05, 0) is 41.1 Å². The molecule has 1 N–H and O–H groups in total. The van der Waals surface area contributed by atoms with E-state index >= 15 is 0 Å². The highest BCUT2D eigenvalue weighted by molar-refractivity contribution is 9.10. The van der Waals surface area contributed by atoms with E-state index in [-0.39, 0.29) is 24.6 Å². The molecular formula is C13H12BrF3N2O2. The summed E-state index contributed by atoms with van der Waals surface area (Å²) in [5.41, 5.74) is -0.733. The molecule has 4 nitrogen and oxygen atoms in total. The molecule has 0 aliphatic carbocycles. The van der Waals surface area contributed by atoms with Crippen LogP contribution >= 0.6 is 15.9 Å². The van der Waals surface area contributed by atoms with Crippen molar-refractivity contribution >= 4 is 33.4 Å². The third-order valence-corrected chi connectivity index (χ3v) is 3.81. The van der Waals surface area contributed by atoms with Gasteiger partial charge in [0, 0.05) is 17.4 Å². The van der Waals surface area contributed by atoms with E-state index < -0.39 is 23.7 Å². The van der Waals surface area contributed by atoms with E-state index in [0.717, 1.165) is 12.1 Å². The summed E-state index contributed by atoms with van der Waals surface area (Å²) in [5.74, 6) is -0.748. The third-order valence-electron chi connectivity index (χ3n) is 3.14. The Bertz CT molecular complexity index is 589. The van der Waals surface area contributed by atoms with E-state index in [2.05, 4.69) is 21.2 Å². The summed E-state index contributed by atoms with van der Waals surface area (Å²) in [5, 5.41) is 2.49. The zero-order chi connectivity index (χ0) is 15.8. The Balaban J connectivity index is 2.44. The Morgan fingerprint density at radius 3 is 2.62 bits per heavy atom. The number of nitrogens with zero attached hydrogens (tertiary/aromatic N) is 1. The fourth-order valence-electron chi connectivity index (χ4n) is 2.07. The molecule has 0 radical (unpaired) electrons. The summed E-state index contributed by atoms with van der Waals surface area (Å²) in [4.78, 5) is 24.9. The highest BCUT2D eigenvalue weighted by Gasteiger charge is 2.33. The second-order valence-corrected chi connectivity index (χ2v) is 5.55. The predicted molar refractivity (Wildman–Crippen MR) is 73.7 cm³/mol. The molecule has 1 fully saturated rings. The average molecular weight is 365 g/mol. The molecule has 0 spiro atoms. The lowest BCUT2D eigenvalue weighted by Gasteiger charge is -2.24. The maximum absolute atomic E-state index is 12.8. The van der Waals surface area contributed by atoms with E-state index in [1.165, 1.54) is 17.9 Å². The monoisotopic (exact) mass is 364 g/mol. The smallest absolute Gasteiger partial charge is 0.345 e. The van der Waals surface area contributed by atoms with Gasteiger partial charge in [0.15, 0.2) is 0 Å². The van der Waals surface area contributed by atoms with Crippen LogP contribution in [0.2, 0.25) is 0 Å². The Morgan fingerprint density at radius 2 is 2.00 bits per heavy atom. The number of halogens is 4. The number of alkyl halides is 3. The molecule has 1 aliphatic heterocycles. The van der Waals surface area contributed by atoms with Crippen molar-refractivity contribution in [1.29, 1.82) is 0 Å². The van der Waals surface area contributed by atoms with Gasteiger partial charge in [0.1, 0.15) is 6.04 Å².